The van der Waals surface area contributed by atoms with Crippen LogP contribution in [-0.4, -0.2) is 39.7 Å². The summed E-state index contributed by atoms with van der Waals surface area (Å²) in [5.74, 6) is 0.106. The number of benzene rings is 1. The highest BCUT2D eigenvalue weighted by Gasteiger charge is 2.24. The second kappa shape index (κ2) is 6.10. The topological polar surface area (TPSA) is 50.2 Å². The van der Waals surface area contributed by atoms with Crippen molar-refractivity contribution in [3.8, 4) is 5.69 Å². The largest absolute Gasteiger partial charge is 0.355 e. The third-order valence-electron chi connectivity index (χ3n) is 3.88. The third-order valence-corrected chi connectivity index (χ3v) is 3.88. The van der Waals surface area contributed by atoms with E-state index in [4.69, 9.17) is 0 Å². The lowest BCUT2D eigenvalue weighted by Crippen LogP contribution is -2.41. The van der Waals surface area contributed by atoms with Gasteiger partial charge in [0, 0.05) is 25.8 Å². The average molecular weight is 284 g/mol. The number of carbonyl (C=O) groups excluding carboxylic acids is 1. The van der Waals surface area contributed by atoms with Crippen LogP contribution in [0.15, 0.2) is 42.6 Å². The molecule has 1 unspecified atom stereocenters. The van der Waals surface area contributed by atoms with Crippen LogP contribution in [0.4, 0.5) is 0 Å². The van der Waals surface area contributed by atoms with Gasteiger partial charge in [0.1, 0.15) is 0 Å². The van der Waals surface area contributed by atoms with Gasteiger partial charge in [-0.25, -0.2) is 4.68 Å². The molecule has 1 aromatic carbocycles. The van der Waals surface area contributed by atoms with Gasteiger partial charge in [0.05, 0.1) is 17.4 Å². The van der Waals surface area contributed by atoms with E-state index in [-0.39, 0.29) is 11.9 Å². The summed E-state index contributed by atoms with van der Waals surface area (Å²) in [7, 11) is 0. The molecule has 1 aromatic heterocycles. The maximum Gasteiger partial charge on any atom is 0.237 e. The zero-order chi connectivity index (χ0) is 14.7. The fraction of sp³-hybridized carbons (Fsp3) is 0.375. The molecule has 1 atom stereocenters. The Hall–Kier alpha value is -2.14. The zero-order valence-corrected chi connectivity index (χ0v) is 12.2. The van der Waals surface area contributed by atoms with Crippen LogP contribution in [0.25, 0.3) is 5.69 Å². The van der Waals surface area contributed by atoms with Crippen molar-refractivity contribution in [1.29, 1.82) is 0 Å². The van der Waals surface area contributed by atoms with Gasteiger partial charge in [-0.15, -0.1) is 0 Å². The molecule has 5 heteroatoms. The molecule has 0 aliphatic carbocycles. The molecule has 1 aliphatic heterocycles. The third kappa shape index (κ3) is 3.13. The predicted molar refractivity (Wildman–Crippen MR) is 81.1 cm³/mol. The van der Waals surface area contributed by atoms with Crippen LogP contribution in [0.3, 0.4) is 0 Å². The maximum absolute atomic E-state index is 11.9. The highest BCUT2D eigenvalue weighted by atomic mass is 16.2. The molecule has 0 saturated carbocycles. The molecule has 1 amide bonds. The van der Waals surface area contributed by atoms with Crippen molar-refractivity contribution in [2.24, 2.45) is 0 Å². The van der Waals surface area contributed by atoms with Crippen LogP contribution in [0.1, 0.15) is 19.0 Å². The summed E-state index contributed by atoms with van der Waals surface area (Å²) in [4.78, 5) is 14.0. The fourth-order valence-electron chi connectivity index (χ4n) is 2.60. The van der Waals surface area contributed by atoms with Crippen molar-refractivity contribution in [2.45, 2.75) is 25.9 Å². The SMILES string of the molecule is CC1C(=O)NCCCN1Cc1ccn(-c2ccccc2)n1. The minimum Gasteiger partial charge on any atom is -0.355 e. The molecule has 1 N–H and O–H groups in total. The first-order valence-corrected chi connectivity index (χ1v) is 7.36. The van der Waals surface area contributed by atoms with E-state index in [0.29, 0.717) is 6.54 Å². The Bertz CT molecular complexity index is 608. The molecule has 3 rings (SSSR count). The van der Waals surface area contributed by atoms with Crippen LogP contribution < -0.4 is 5.32 Å². The molecule has 110 valence electrons. The highest BCUT2D eigenvalue weighted by Crippen LogP contribution is 2.12. The molecule has 21 heavy (non-hydrogen) atoms. The summed E-state index contributed by atoms with van der Waals surface area (Å²) in [5.41, 5.74) is 2.03. The van der Waals surface area contributed by atoms with Crippen LogP contribution >= 0.6 is 0 Å². The van der Waals surface area contributed by atoms with E-state index in [9.17, 15) is 4.79 Å². The second-order valence-electron chi connectivity index (χ2n) is 5.38. The molecule has 2 aromatic rings. The van der Waals surface area contributed by atoms with Crippen LogP contribution in [0, 0.1) is 0 Å². The Kier molecular flexibility index (Phi) is 4.01. The molecule has 0 bridgehead atoms. The molecule has 1 saturated heterocycles. The van der Waals surface area contributed by atoms with Crippen LogP contribution in [0.2, 0.25) is 0 Å². The van der Waals surface area contributed by atoms with Gasteiger partial charge >= 0.3 is 0 Å². The van der Waals surface area contributed by atoms with Gasteiger partial charge < -0.3 is 5.32 Å². The van der Waals surface area contributed by atoms with Crippen molar-refractivity contribution in [3.63, 3.8) is 0 Å². The molecule has 1 aliphatic rings. The van der Waals surface area contributed by atoms with Crippen LogP contribution in [-0.2, 0) is 11.3 Å². The van der Waals surface area contributed by atoms with Gasteiger partial charge in [-0.1, -0.05) is 18.2 Å². The van der Waals surface area contributed by atoms with Crippen molar-refractivity contribution in [1.82, 2.24) is 20.0 Å². The Morgan fingerprint density at radius 1 is 1.29 bits per heavy atom. The first kappa shape index (κ1) is 13.8. The number of carbonyl (C=O) groups is 1. The van der Waals surface area contributed by atoms with E-state index in [0.717, 1.165) is 30.9 Å². The predicted octanol–water partition coefficient (Wildman–Crippen LogP) is 1.58. The van der Waals surface area contributed by atoms with Crippen molar-refractivity contribution < 1.29 is 4.79 Å². The van der Waals surface area contributed by atoms with E-state index in [1.807, 2.05) is 54.2 Å². The Morgan fingerprint density at radius 3 is 2.90 bits per heavy atom. The number of aromatic nitrogens is 2. The van der Waals surface area contributed by atoms with E-state index >= 15 is 0 Å². The lowest BCUT2D eigenvalue weighted by molar-refractivity contribution is -0.125. The molecule has 0 radical (unpaired) electrons. The van der Waals surface area contributed by atoms with Gasteiger partial charge in [-0.2, -0.15) is 5.10 Å². The molecular weight excluding hydrogens is 264 g/mol. The van der Waals surface area contributed by atoms with E-state index in [1.165, 1.54) is 0 Å². The number of nitrogens with one attached hydrogen (secondary N) is 1. The standard InChI is InChI=1S/C16H20N4O/c1-13-16(21)17-9-5-10-19(13)12-14-8-11-20(18-14)15-6-3-2-4-7-15/h2-4,6-8,11,13H,5,9-10,12H2,1H3,(H,17,21). The van der Waals surface area contributed by atoms with Gasteiger partial charge in [-0.05, 0) is 31.5 Å². The number of rotatable bonds is 3. The zero-order valence-electron chi connectivity index (χ0n) is 12.2. The van der Waals surface area contributed by atoms with Gasteiger partial charge in [0.15, 0.2) is 0 Å². The summed E-state index contributed by atoms with van der Waals surface area (Å²) >= 11 is 0. The second-order valence-corrected chi connectivity index (χ2v) is 5.38. The summed E-state index contributed by atoms with van der Waals surface area (Å²) in [6.45, 7) is 4.33. The number of amides is 1. The van der Waals surface area contributed by atoms with Crippen molar-refractivity contribution in [2.75, 3.05) is 13.1 Å². The lowest BCUT2D eigenvalue weighted by Gasteiger charge is -2.24. The van der Waals surface area contributed by atoms with Crippen molar-refractivity contribution >= 4 is 5.91 Å². The Balaban J connectivity index is 1.73. The summed E-state index contributed by atoms with van der Waals surface area (Å²) in [5, 5.41) is 7.54. The van der Waals surface area contributed by atoms with E-state index < -0.39 is 0 Å². The van der Waals surface area contributed by atoms with Crippen molar-refractivity contribution in [3.05, 3.63) is 48.3 Å². The number of para-hydroxylation sites is 1. The number of hydrogen-bond donors (Lipinski definition) is 1. The molecule has 5 nitrogen and oxygen atoms in total. The molecule has 2 heterocycles. The summed E-state index contributed by atoms with van der Waals surface area (Å²) in [6.07, 6.45) is 2.95. The monoisotopic (exact) mass is 284 g/mol. The number of hydrogen-bond acceptors (Lipinski definition) is 3. The van der Waals surface area contributed by atoms with Gasteiger partial charge in [0.2, 0.25) is 5.91 Å². The van der Waals surface area contributed by atoms with E-state index in [1.54, 1.807) is 0 Å². The minimum atomic E-state index is -0.102. The smallest absolute Gasteiger partial charge is 0.237 e. The first-order chi connectivity index (χ1) is 10.2. The molecule has 1 fully saturated rings. The molecule has 0 spiro atoms. The molecular formula is C16H20N4O. The minimum absolute atomic E-state index is 0.102. The maximum atomic E-state index is 11.9. The van der Waals surface area contributed by atoms with Gasteiger partial charge in [0.25, 0.3) is 0 Å². The summed E-state index contributed by atoms with van der Waals surface area (Å²) < 4.78 is 1.87. The first-order valence-electron chi connectivity index (χ1n) is 7.36. The Morgan fingerprint density at radius 2 is 2.10 bits per heavy atom. The fourth-order valence-corrected chi connectivity index (χ4v) is 2.60. The quantitative estimate of drug-likeness (QED) is 0.931. The van der Waals surface area contributed by atoms with E-state index in [2.05, 4.69) is 15.3 Å². The normalized spacial score (nSPS) is 20.0. The highest BCUT2D eigenvalue weighted by molar-refractivity contribution is 5.81. The summed E-state index contributed by atoms with van der Waals surface area (Å²) in [6, 6.07) is 12.0. The van der Waals surface area contributed by atoms with Crippen LogP contribution in [0.5, 0.6) is 0 Å². The Labute approximate surface area is 124 Å². The van der Waals surface area contributed by atoms with Gasteiger partial charge in [-0.3, -0.25) is 9.69 Å². The average Bonchev–Trinajstić information content (AvgIpc) is 2.92. The number of nitrogens with zero attached hydrogens (tertiary/aromatic N) is 3. The lowest BCUT2D eigenvalue weighted by atomic mass is 10.2.